The lowest BCUT2D eigenvalue weighted by atomic mass is 9.51. The Morgan fingerprint density at radius 2 is 1.86 bits per heavy atom. The van der Waals surface area contributed by atoms with Gasteiger partial charge in [-0.05, 0) is 18.9 Å². The van der Waals surface area contributed by atoms with Crippen LogP contribution in [-0.4, -0.2) is 25.9 Å². The number of para-hydroxylation sites is 1. The number of nitrogens with zero attached hydrogens (tertiary/aromatic N) is 3. The zero-order valence-electron chi connectivity index (χ0n) is 16.2. The van der Waals surface area contributed by atoms with Crippen LogP contribution < -0.4 is 9.47 Å². The normalized spacial score (nSPS) is 34.0. The highest BCUT2D eigenvalue weighted by Crippen LogP contribution is 2.70. The van der Waals surface area contributed by atoms with Gasteiger partial charge in [0, 0.05) is 12.0 Å². The van der Waals surface area contributed by atoms with Crippen molar-refractivity contribution in [3.63, 3.8) is 0 Å². The van der Waals surface area contributed by atoms with E-state index in [1.54, 1.807) is 18.2 Å². The van der Waals surface area contributed by atoms with Crippen molar-refractivity contribution in [2.24, 2.45) is 16.7 Å². The Morgan fingerprint density at radius 3 is 2.48 bits per heavy atom. The van der Waals surface area contributed by atoms with E-state index in [0.29, 0.717) is 29.9 Å². The van der Waals surface area contributed by atoms with Crippen LogP contribution >= 0.6 is 0 Å². The molecule has 2 bridgehead atoms. The van der Waals surface area contributed by atoms with Gasteiger partial charge in [-0.15, -0.1) is 0 Å². The first kappa shape index (κ1) is 19.1. The lowest BCUT2D eigenvalue weighted by Gasteiger charge is -2.51. The standard InChI is InChI=1S/C21H20N4O4/c1-26-14-7-5-6-13(16(14)27-2)17-19(10-22,11-23)20(12-24)15-8-3-4-9-21(15,28-17)29-18(20)25/h5-7,15,17,25H,3-4,8-9H2,1-2H3/t15-,17+,20+,21-/m1/s1. The Morgan fingerprint density at radius 1 is 1.10 bits per heavy atom. The van der Waals surface area contributed by atoms with Gasteiger partial charge in [-0.3, -0.25) is 5.41 Å². The van der Waals surface area contributed by atoms with Gasteiger partial charge in [0.25, 0.3) is 0 Å². The van der Waals surface area contributed by atoms with Crippen LogP contribution in [0.2, 0.25) is 0 Å². The summed E-state index contributed by atoms with van der Waals surface area (Å²) >= 11 is 0. The maximum absolute atomic E-state index is 10.3. The minimum Gasteiger partial charge on any atom is -0.493 e. The minimum absolute atomic E-state index is 0.319. The maximum Gasteiger partial charge on any atom is 0.217 e. The first-order valence-corrected chi connectivity index (χ1v) is 9.40. The molecule has 4 rings (SSSR count). The van der Waals surface area contributed by atoms with E-state index in [-0.39, 0.29) is 5.90 Å². The molecule has 3 aliphatic rings. The van der Waals surface area contributed by atoms with Crippen LogP contribution in [0, 0.1) is 56.2 Å². The largest absolute Gasteiger partial charge is 0.493 e. The topological polar surface area (TPSA) is 132 Å². The summed E-state index contributed by atoms with van der Waals surface area (Å²) in [7, 11) is 2.94. The van der Waals surface area contributed by atoms with Crippen molar-refractivity contribution in [3.05, 3.63) is 23.8 Å². The van der Waals surface area contributed by atoms with Crippen molar-refractivity contribution in [2.45, 2.75) is 37.6 Å². The number of methoxy groups -OCH3 is 2. The van der Waals surface area contributed by atoms with E-state index in [4.69, 9.17) is 24.4 Å². The molecule has 1 saturated carbocycles. The number of ether oxygens (including phenoxy) is 4. The Balaban J connectivity index is 2.03. The Labute approximate surface area is 168 Å². The van der Waals surface area contributed by atoms with E-state index in [0.717, 1.165) is 12.8 Å². The highest BCUT2D eigenvalue weighted by Gasteiger charge is 2.80. The molecular formula is C21H20N4O4. The van der Waals surface area contributed by atoms with Crippen molar-refractivity contribution in [1.82, 2.24) is 0 Å². The number of nitrogens with one attached hydrogen (secondary N) is 1. The van der Waals surface area contributed by atoms with E-state index in [1.165, 1.54) is 14.2 Å². The average molecular weight is 392 g/mol. The van der Waals surface area contributed by atoms with E-state index in [9.17, 15) is 15.8 Å². The van der Waals surface area contributed by atoms with Crippen molar-refractivity contribution in [2.75, 3.05) is 14.2 Å². The fourth-order valence-corrected chi connectivity index (χ4v) is 5.26. The zero-order chi connectivity index (χ0) is 20.9. The summed E-state index contributed by atoms with van der Waals surface area (Å²) in [6.07, 6.45) is 1.50. The molecule has 0 unspecified atom stereocenters. The summed E-state index contributed by atoms with van der Waals surface area (Å²) in [4.78, 5) is 0. The first-order chi connectivity index (χ1) is 14.0. The van der Waals surface area contributed by atoms with Gasteiger partial charge in [-0.2, -0.15) is 15.8 Å². The fourth-order valence-electron chi connectivity index (χ4n) is 5.26. The molecule has 1 aromatic rings. The molecule has 1 N–H and O–H groups in total. The highest BCUT2D eigenvalue weighted by atomic mass is 16.7. The molecular weight excluding hydrogens is 372 g/mol. The van der Waals surface area contributed by atoms with Crippen LogP contribution in [-0.2, 0) is 9.47 Å². The van der Waals surface area contributed by atoms with Crippen molar-refractivity contribution in [1.29, 1.82) is 21.2 Å². The van der Waals surface area contributed by atoms with Crippen molar-refractivity contribution < 1.29 is 18.9 Å². The molecule has 2 aliphatic heterocycles. The molecule has 0 aromatic heterocycles. The Bertz CT molecular complexity index is 989. The van der Waals surface area contributed by atoms with Gasteiger partial charge < -0.3 is 18.9 Å². The summed E-state index contributed by atoms with van der Waals surface area (Å²) < 4.78 is 23.2. The van der Waals surface area contributed by atoms with Gasteiger partial charge in [0.2, 0.25) is 17.1 Å². The molecule has 8 nitrogen and oxygen atoms in total. The van der Waals surface area contributed by atoms with Gasteiger partial charge in [0.15, 0.2) is 16.9 Å². The molecule has 8 heteroatoms. The third-order valence-corrected chi connectivity index (χ3v) is 6.53. The number of benzene rings is 1. The van der Waals surface area contributed by atoms with E-state index < -0.39 is 28.6 Å². The molecule has 1 aromatic carbocycles. The van der Waals surface area contributed by atoms with Crippen molar-refractivity contribution in [3.8, 4) is 29.7 Å². The molecule has 148 valence electrons. The third kappa shape index (κ3) is 2.06. The molecule has 0 spiro atoms. The second-order valence-corrected chi connectivity index (χ2v) is 7.57. The Hall–Kier alpha value is -3.28. The van der Waals surface area contributed by atoms with Crippen LogP contribution in [0.3, 0.4) is 0 Å². The quantitative estimate of drug-likeness (QED) is 0.835. The summed E-state index contributed by atoms with van der Waals surface area (Å²) in [6, 6.07) is 11.4. The molecule has 4 atom stereocenters. The number of hydrogen-bond acceptors (Lipinski definition) is 8. The van der Waals surface area contributed by atoms with Crippen LogP contribution in [0.4, 0.5) is 0 Å². The summed E-state index contributed by atoms with van der Waals surface area (Å²) in [5.41, 5.74) is -3.30. The molecule has 3 fully saturated rings. The van der Waals surface area contributed by atoms with Gasteiger partial charge in [0.05, 0.1) is 38.3 Å². The molecule has 0 amide bonds. The van der Waals surface area contributed by atoms with Crippen LogP contribution in [0.15, 0.2) is 18.2 Å². The summed E-state index contributed by atoms with van der Waals surface area (Å²) in [5, 5.41) is 39.3. The molecule has 0 radical (unpaired) electrons. The van der Waals surface area contributed by atoms with Crippen molar-refractivity contribution >= 4 is 5.90 Å². The van der Waals surface area contributed by atoms with E-state index >= 15 is 0 Å². The van der Waals surface area contributed by atoms with Crippen LogP contribution in [0.5, 0.6) is 11.5 Å². The number of hydrogen-bond donors (Lipinski definition) is 1. The minimum atomic E-state index is -1.99. The fraction of sp³-hybridized carbons (Fsp3) is 0.524. The van der Waals surface area contributed by atoms with E-state index in [2.05, 4.69) is 18.2 Å². The smallest absolute Gasteiger partial charge is 0.217 e. The SMILES string of the molecule is COc1cccc([C@@H]2O[C@@]34CCCC[C@@H]3[C@@](C#N)(C(=N)O4)C2(C#N)C#N)c1OC. The Kier molecular flexibility index (Phi) is 4.19. The predicted molar refractivity (Wildman–Crippen MR) is 98.6 cm³/mol. The van der Waals surface area contributed by atoms with Gasteiger partial charge in [-0.25, -0.2) is 0 Å². The predicted octanol–water partition coefficient (Wildman–Crippen LogP) is 3.21. The molecule has 29 heavy (non-hydrogen) atoms. The lowest BCUT2D eigenvalue weighted by molar-refractivity contribution is -0.294. The first-order valence-electron chi connectivity index (χ1n) is 9.40. The summed E-state index contributed by atoms with van der Waals surface area (Å²) in [6.45, 7) is 0. The second-order valence-electron chi connectivity index (χ2n) is 7.57. The zero-order valence-corrected chi connectivity index (χ0v) is 16.2. The third-order valence-electron chi connectivity index (χ3n) is 6.53. The number of rotatable bonds is 3. The highest BCUT2D eigenvalue weighted by molar-refractivity contribution is 5.89. The van der Waals surface area contributed by atoms with Gasteiger partial charge >= 0.3 is 0 Å². The van der Waals surface area contributed by atoms with Gasteiger partial charge in [-0.1, -0.05) is 18.6 Å². The maximum atomic E-state index is 10.3. The van der Waals surface area contributed by atoms with E-state index in [1.807, 2.05) is 0 Å². The average Bonchev–Trinajstić information content (AvgIpc) is 2.97. The van der Waals surface area contributed by atoms with Gasteiger partial charge in [0.1, 0.15) is 6.10 Å². The molecule has 2 heterocycles. The monoisotopic (exact) mass is 392 g/mol. The molecule has 2 saturated heterocycles. The number of nitriles is 3. The van der Waals surface area contributed by atoms with Crippen LogP contribution in [0.25, 0.3) is 0 Å². The lowest BCUT2D eigenvalue weighted by Crippen LogP contribution is -2.60. The van der Waals surface area contributed by atoms with Crippen LogP contribution in [0.1, 0.15) is 37.4 Å². The molecule has 1 aliphatic carbocycles. The second kappa shape index (κ2) is 6.37. The summed E-state index contributed by atoms with van der Waals surface area (Å²) in [5.74, 6) is -1.40.